The molecule has 11 nitrogen and oxygen atoms in total. The van der Waals surface area contributed by atoms with Crippen molar-refractivity contribution in [2.75, 3.05) is 43.6 Å². The fraction of sp³-hybridized carbons (Fsp3) is 0.357. The summed E-state index contributed by atoms with van der Waals surface area (Å²) in [6.07, 6.45) is 4.44. The molecule has 0 spiro atoms. The van der Waals surface area contributed by atoms with Crippen LogP contribution in [0.5, 0.6) is 0 Å². The van der Waals surface area contributed by atoms with Crippen LogP contribution in [0, 0.1) is 17.6 Å². The Morgan fingerprint density at radius 3 is 2.61 bits per heavy atom. The van der Waals surface area contributed by atoms with Crippen molar-refractivity contribution >= 4 is 28.9 Å². The van der Waals surface area contributed by atoms with Crippen molar-refractivity contribution in [1.82, 2.24) is 24.9 Å². The Kier molecular flexibility index (Phi) is 7.14. The largest absolute Gasteiger partial charge is 0.453 e. The van der Waals surface area contributed by atoms with Gasteiger partial charge in [0.15, 0.2) is 0 Å². The molecule has 2 aliphatic rings. The number of rotatable bonds is 6. The molecule has 13 heteroatoms. The van der Waals surface area contributed by atoms with Gasteiger partial charge in [-0.3, -0.25) is 4.98 Å². The van der Waals surface area contributed by atoms with E-state index in [4.69, 9.17) is 15.2 Å². The van der Waals surface area contributed by atoms with Gasteiger partial charge in [0.05, 0.1) is 66.9 Å². The molecular weight excluding hydrogens is 534 g/mol. The predicted molar refractivity (Wildman–Crippen MR) is 148 cm³/mol. The lowest BCUT2D eigenvalue weighted by Crippen LogP contribution is -2.62. The van der Waals surface area contributed by atoms with E-state index in [2.05, 4.69) is 30.6 Å². The first-order valence-corrected chi connectivity index (χ1v) is 13.3. The molecule has 6 rings (SSSR count). The van der Waals surface area contributed by atoms with Gasteiger partial charge in [-0.25, -0.2) is 18.6 Å². The highest BCUT2D eigenvalue weighted by Gasteiger charge is 2.34. The third kappa shape index (κ3) is 5.13. The van der Waals surface area contributed by atoms with Crippen molar-refractivity contribution in [3.8, 4) is 11.3 Å². The van der Waals surface area contributed by atoms with E-state index in [9.17, 15) is 4.79 Å². The van der Waals surface area contributed by atoms with E-state index in [1.165, 1.54) is 23.8 Å². The Morgan fingerprint density at radius 2 is 1.93 bits per heavy atom. The second kappa shape index (κ2) is 10.9. The molecule has 0 aliphatic carbocycles. The summed E-state index contributed by atoms with van der Waals surface area (Å²) in [5, 5.41) is 10.6. The third-order valence-electron chi connectivity index (χ3n) is 7.68. The summed E-state index contributed by atoms with van der Waals surface area (Å²) in [6, 6.07) is 7.25. The lowest BCUT2D eigenvalue weighted by atomic mass is 9.90. The smallest absolute Gasteiger partial charge is 0.407 e. The summed E-state index contributed by atoms with van der Waals surface area (Å²) in [5.74, 6) is -0.992. The minimum Gasteiger partial charge on any atom is -0.453 e. The molecule has 4 N–H and O–H groups in total. The van der Waals surface area contributed by atoms with Crippen molar-refractivity contribution in [3.63, 3.8) is 0 Å². The number of pyridine rings is 1. The Bertz CT molecular complexity index is 1560. The Balaban J connectivity index is 1.28. The van der Waals surface area contributed by atoms with E-state index >= 15 is 8.78 Å². The monoisotopic (exact) mass is 564 g/mol. The average molecular weight is 565 g/mol. The number of benzene rings is 1. The second-order valence-electron chi connectivity index (χ2n) is 10.5. The van der Waals surface area contributed by atoms with Gasteiger partial charge in [0.25, 0.3) is 0 Å². The zero-order chi connectivity index (χ0) is 28.7. The number of anilines is 3. The minimum absolute atomic E-state index is 0.00550. The summed E-state index contributed by atoms with van der Waals surface area (Å²) in [7, 11) is 1.32. The molecule has 1 aromatic carbocycles. The van der Waals surface area contributed by atoms with Gasteiger partial charge in [-0.2, -0.15) is 9.61 Å². The molecule has 5 heterocycles. The van der Waals surface area contributed by atoms with Gasteiger partial charge in [0, 0.05) is 31.2 Å². The third-order valence-corrected chi connectivity index (χ3v) is 7.68. The molecule has 4 aromatic rings. The van der Waals surface area contributed by atoms with Crippen LogP contribution in [0.2, 0.25) is 0 Å². The van der Waals surface area contributed by atoms with Crippen molar-refractivity contribution in [3.05, 3.63) is 66.1 Å². The van der Waals surface area contributed by atoms with Crippen LogP contribution in [-0.4, -0.2) is 71.2 Å². The van der Waals surface area contributed by atoms with Gasteiger partial charge in [-0.05, 0) is 41.8 Å². The van der Waals surface area contributed by atoms with Crippen LogP contribution in [0.1, 0.15) is 18.4 Å². The number of fused-ring (bicyclic) bond motifs is 1. The van der Waals surface area contributed by atoms with E-state index in [1.54, 1.807) is 30.7 Å². The standard InChI is InChI=1S/C28H30F2N8O3/c1-15-11-37(12-21(31)26(15)35-28(39)40-2)24-5-6-32-10-23(24)34-27-33-9-18-3-4-22(36-38(18)27)25-19(29)7-16(8-20(25)30)17-13-41-14-17/h3-10,15,17,21,26H,11-14,31H2,1-2H3,(H,33,34)(H,35,39). The maximum Gasteiger partial charge on any atom is 0.407 e. The van der Waals surface area contributed by atoms with Gasteiger partial charge in [0.2, 0.25) is 5.95 Å². The number of imidazole rings is 1. The first kappa shape index (κ1) is 26.8. The molecule has 3 aromatic heterocycles. The first-order chi connectivity index (χ1) is 19.8. The van der Waals surface area contributed by atoms with Crippen molar-refractivity contribution in [2.24, 2.45) is 11.7 Å². The van der Waals surface area contributed by atoms with Crippen molar-refractivity contribution in [2.45, 2.75) is 24.9 Å². The van der Waals surface area contributed by atoms with Crippen LogP contribution in [0.15, 0.2) is 48.9 Å². The fourth-order valence-electron chi connectivity index (χ4n) is 5.45. The van der Waals surface area contributed by atoms with Crippen molar-refractivity contribution < 1.29 is 23.0 Å². The Hall–Kier alpha value is -4.36. The van der Waals surface area contributed by atoms with E-state index < -0.39 is 17.7 Å². The zero-order valence-electron chi connectivity index (χ0n) is 22.6. The fourth-order valence-corrected chi connectivity index (χ4v) is 5.45. The number of piperidine rings is 1. The number of nitrogens with zero attached hydrogens (tertiary/aromatic N) is 5. The van der Waals surface area contributed by atoms with Crippen LogP contribution in [0.25, 0.3) is 16.8 Å². The van der Waals surface area contributed by atoms with Gasteiger partial charge in [-0.15, -0.1) is 0 Å². The molecule has 0 bridgehead atoms. The molecule has 2 aliphatic heterocycles. The topological polar surface area (TPSA) is 132 Å². The number of carbonyl (C=O) groups excluding carboxylic acids is 1. The summed E-state index contributed by atoms with van der Waals surface area (Å²) >= 11 is 0. The molecule has 1 amide bonds. The number of ether oxygens (including phenoxy) is 2. The highest BCUT2D eigenvalue weighted by atomic mass is 19.1. The molecule has 2 fully saturated rings. The van der Waals surface area contributed by atoms with E-state index in [0.717, 1.165) is 5.69 Å². The van der Waals surface area contributed by atoms with Crippen molar-refractivity contribution in [1.29, 1.82) is 0 Å². The second-order valence-corrected chi connectivity index (χ2v) is 10.5. The maximum atomic E-state index is 15.1. The highest BCUT2D eigenvalue weighted by molar-refractivity contribution is 5.74. The Morgan fingerprint density at radius 1 is 1.15 bits per heavy atom. The molecule has 0 saturated carbocycles. The predicted octanol–water partition coefficient (Wildman–Crippen LogP) is 3.43. The number of halogens is 2. The number of hydrogen-bond donors (Lipinski definition) is 3. The molecular formula is C28H30F2N8O3. The number of nitrogens with one attached hydrogen (secondary N) is 2. The average Bonchev–Trinajstić information content (AvgIpc) is 3.31. The quantitative estimate of drug-likeness (QED) is 0.322. The summed E-state index contributed by atoms with van der Waals surface area (Å²) in [4.78, 5) is 22.6. The SMILES string of the molecule is COC(=O)NC1C(C)CN(c2ccncc2Nc2ncc3ccc(-c4c(F)cc(C5COC5)cc4F)nn23)CC1N. The molecule has 3 unspecified atom stereocenters. The first-order valence-electron chi connectivity index (χ1n) is 13.3. The summed E-state index contributed by atoms with van der Waals surface area (Å²) < 4.78 is 41.6. The highest BCUT2D eigenvalue weighted by Crippen LogP contribution is 2.33. The lowest BCUT2D eigenvalue weighted by molar-refractivity contribution is 0.00822. The molecule has 3 atom stereocenters. The molecule has 214 valence electrons. The number of nitrogens with two attached hydrogens (primary N) is 1. The lowest BCUT2D eigenvalue weighted by Gasteiger charge is -2.42. The number of amides is 1. The van der Waals surface area contributed by atoms with E-state index in [-0.39, 0.29) is 35.2 Å². The molecule has 2 saturated heterocycles. The van der Waals surface area contributed by atoms with Crippen LogP contribution >= 0.6 is 0 Å². The molecule has 0 radical (unpaired) electrons. The number of alkyl carbamates (subject to hydrolysis) is 1. The van der Waals surface area contributed by atoms with Crippen LogP contribution in [0.3, 0.4) is 0 Å². The minimum atomic E-state index is -0.682. The normalized spacial score (nSPS) is 21.0. The van der Waals surface area contributed by atoms with E-state index in [1.807, 2.05) is 13.0 Å². The van der Waals surface area contributed by atoms with Crippen LogP contribution < -0.4 is 21.3 Å². The van der Waals surface area contributed by atoms with Gasteiger partial charge in [0.1, 0.15) is 11.6 Å². The summed E-state index contributed by atoms with van der Waals surface area (Å²) in [5.41, 5.74) is 9.07. The van der Waals surface area contributed by atoms with E-state index in [0.29, 0.717) is 49.0 Å². The van der Waals surface area contributed by atoms with Gasteiger partial charge >= 0.3 is 6.09 Å². The van der Waals surface area contributed by atoms with Crippen LogP contribution in [0.4, 0.5) is 30.9 Å². The zero-order valence-corrected chi connectivity index (χ0v) is 22.6. The number of methoxy groups -OCH3 is 1. The number of hydrogen-bond acceptors (Lipinski definition) is 9. The maximum absolute atomic E-state index is 15.1. The molecule has 41 heavy (non-hydrogen) atoms. The number of carbonyl (C=O) groups is 1. The number of aromatic nitrogens is 4. The Labute approximate surface area is 234 Å². The summed E-state index contributed by atoms with van der Waals surface area (Å²) in [6.45, 7) is 4.02. The van der Waals surface area contributed by atoms with Gasteiger partial charge < -0.3 is 30.7 Å². The van der Waals surface area contributed by atoms with Gasteiger partial charge in [-0.1, -0.05) is 6.92 Å². The van der Waals surface area contributed by atoms with Crippen LogP contribution in [-0.2, 0) is 9.47 Å².